The Kier molecular flexibility index (Phi) is 10.4. The molecule has 0 atom stereocenters. The zero-order chi connectivity index (χ0) is 38.7. The van der Waals surface area contributed by atoms with E-state index >= 15 is 0 Å². The second kappa shape index (κ2) is 15.3. The first-order valence-electron chi connectivity index (χ1n) is 18.8. The highest BCUT2D eigenvalue weighted by atomic mass is 16.5. The van der Waals surface area contributed by atoms with E-state index in [2.05, 4.69) is 125 Å². The summed E-state index contributed by atoms with van der Waals surface area (Å²) in [6.07, 6.45) is 3.46. The quantitative estimate of drug-likeness (QED) is 0.0602. The van der Waals surface area contributed by atoms with Crippen LogP contribution in [-0.2, 0) is 29.9 Å². The molecule has 0 saturated heterocycles. The predicted octanol–water partition coefficient (Wildman–Crippen LogP) is 10.8. The van der Waals surface area contributed by atoms with Crippen LogP contribution in [0.2, 0.25) is 0 Å². The number of benzene rings is 5. The van der Waals surface area contributed by atoms with Crippen molar-refractivity contribution in [3.63, 3.8) is 0 Å². The van der Waals surface area contributed by atoms with E-state index in [9.17, 15) is 9.59 Å². The Labute approximate surface area is 323 Å². The Balaban J connectivity index is 1.20. The highest BCUT2D eigenvalue weighted by molar-refractivity contribution is 5.93. The lowest BCUT2D eigenvalue weighted by molar-refractivity contribution is -0.138. The molecule has 0 saturated carbocycles. The fraction of sp³-hybridized carbons (Fsp3) is 0.250. The summed E-state index contributed by atoms with van der Waals surface area (Å²) < 4.78 is 22.1. The molecular formula is C48H47NO6. The van der Waals surface area contributed by atoms with Crippen LogP contribution < -0.4 is 14.4 Å². The molecule has 55 heavy (non-hydrogen) atoms. The lowest BCUT2D eigenvalue weighted by atomic mass is 9.72. The lowest BCUT2D eigenvalue weighted by Gasteiger charge is -2.31. The molecule has 0 radical (unpaired) electrons. The van der Waals surface area contributed by atoms with Gasteiger partial charge in [0.05, 0.1) is 26.4 Å². The molecule has 0 unspecified atom stereocenters. The molecule has 0 fully saturated rings. The van der Waals surface area contributed by atoms with Gasteiger partial charge < -0.3 is 23.8 Å². The summed E-state index contributed by atoms with van der Waals surface area (Å²) in [5.41, 5.74) is 13.4. The highest BCUT2D eigenvalue weighted by Gasteiger charge is 2.45. The largest absolute Gasteiger partial charge is 0.493 e. The molecule has 280 valence electrons. The second-order valence-electron chi connectivity index (χ2n) is 14.9. The van der Waals surface area contributed by atoms with Gasteiger partial charge in [0.2, 0.25) is 0 Å². The first-order chi connectivity index (χ1) is 26.5. The number of anilines is 3. The topological polar surface area (TPSA) is 74.3 Å². The molecule has 5 aromatic carbocycles. The third-order valence-electron chi connectivity index (χ3n) is 10.7. The number of ether oxygens (including phenoxy) is 4. The Morgan fingerprint density at radius 1 is 0.545 bits per heavy atom. The van der Waals surface area contributed by atoms with Gasteiger partial charge in [0.25, 0.3) is 0 Å². The fourth-order valence-corrected chi connectivity index (χ4v) is 8.11. The van der Waals surface area contributed by atoms with Crippen molar-refractivity contribution in [2.24, 2.45) is 0 Å². The van der Waals surface area contributed by atoms with Crippen LogP contribution in [-0.4, -0.2) is 38.4 Å². The van der Waals surface area contributed by atoms with Crippen molar-refractivity contribution in [2.75, 3.05) is 31.3 Å². The van der Waals surface area contributed by atoms with Gasteiger partial charge in [-0.15, -0.1) is 0 Å². The number of hydrogen-bond donors (Lipinski definition) is 0. The minimum atomic E-state index is -0.437. The molecule has 2 aliphatic rings. The number of fused-ring (bicyclic) bond motifs is 7. The molecule has 0 aliphatic heterocycles. The maximum Gasteiger partial charge on any atom is 0.330 e. The summed E-state index contributed by atoms with van der Waals surface area (Å²) in [7, 11) is 0. The molecular weight excluding hydrogens is 687 g/mol. The lowest BCUT2D eigenvalue weighted by Crippen LogP contribution is -2.24. The SMILES string of the molecule is C=CC(=O)OCCCOc1ccc(N(c2ccc(OCCCOC(=O)C=C)cc2)c2ccc3c(c2)-c2ccc4c(c2C3(C)C)C(C)(C)c2ccccc2-4)cc1. The van der Waals surface area contributed by atoms with E-state index in [1.807, 2.05) is 24.3 Å². The van der Waals surface area contributed by atoms with Crippen molar-refractivity contribution in [3.05, 3.63) is 151 Å². The maximum absolute atomic E-state index is 11.4. The number of nitrogens with zero attached hydrogens (tertiary/aromatic N) is 1. The van der Waals surface area contributed by atoms with Gasteiger partial charge in [0.15, 0.2) is 0 Å². The van der Waals surface area contributed by atoms with Gasteiger partial charge in [-0.25, -0.2) is 9.59 Å². The van der Waals surface area contributed by atoms with Gasteiger partial charge in [-0.2, -0.15) is 0 Å². The van der Waals surface area contributed by atoms with E-state index < -0.39 is 11.9 Å². The van der Waals surface area contributed by atoms with Crippen LogP contribution in [0.25, 0.3) is 22.3 Å². The van der Waals surface area contributed by atoms with E-state index in [1.54, 1.807) is 0 Å². The number of hydrogen-bond acceptors (Lipinski definition) is 7. The Hall–Kier alpha value is -6.08. The fourth-order valence-electron chi connectivity index (χ4n) is 8.11. The second-order valence-corrected chi connectivity index (χ2v) is 14.9. The molecule has 7 heteroatoms. The van der Waals surface area contributed by atoms with Gasteiger partial charge in [0, 0.05) is 52.9 Å². The van der Waals surface area contributed by atoms with E-state index in [1.165, 1.54) is 44.5 Å². The van der Waals surface area contributed by atoms with E-state index in [0.29, 0.717) is 26.1 Å². The summed E-state index contributed by atoms with van der Waals surface area (Å²) in [5, 5.41) is 0. The smallest absolute Gasteiger partial charge is 0.330 e. The van der Waals surface area contributed by atoms with Gasteiger partial charge in [-0.05, 0) is 105 Å². The first-order valence-corrected chi connectivity index (χ1v) is 18.8. The predicted molar refractivity (Wildman–Crippen MR) is 219 cm³/mol. The van der Waals surface area contributed by atoms with Crippen molar-refractivity contribution >= 4 is 29.0 Å². The van der Waals surface area contributed by atoms with Crippen molar-refractivity contribution in [3.8, 4) is 33.8 Å². The molecule has 0 bridgehead atoms. The third-order valence-corrected chi connectivity index (χ3v) is 10.7. The molecule has 5 aromatic rings. The normalized spacial score (nSPS) is 13.7. The maximum atomic E-state index is 11.4. The molecule has 7 rings (SSSR count). The highest BCUT2D eigenvalue weighted by Crippen LogP contribution is 2.59. The summed E-state index contributed by atoms with van der Waals surface area (Å²) in [6, 6.07) is 36.4. The van der Waals surface area contributed by atoms with E-state index in [4.69, 9.17) is 18.9 Å². The molecule has 0 spiro atoms. The van der Waals surface area contributed by atoms with Gasteiger partial charge >= 0.3 is 11.9 Å². The molecule has 7 nitrogen and oxygen atoms in total. The summed E-state index contributed by atoms with van der Waals surface area (Å²) in [6.45, 7) is 17.7. The van der Waals surface area contributed by atoms with Crippen LogP contribution in [0.3, 0.4) is 0 Å². The molecule has 0 heterocycles. The molecule has 0 aromatic heterocycles. The number of carbonyl (C=O) groups is 2. The summed E-state index contributed by atoms with van der Waals surface area (Å²) in [4.78, 5) is 25.0. The van der Waals surface area contributed by atoms with Gasteiger partial charge in [-0.1, -0.05) is 83.3 Å². The van der Waals surface area contributed by atoms with Crippen molar-refractivity contribution in [2.45, 2.75) is 51.4 Å². The average Bonchev–Trinajstić information content (AvgIpc) is 3.57. The van der Waals surface area contributed by atoms with Crippen molar-refractivity contribution in [1.29, 1.82) is 0 Å². The standard InChI is InChI=1S/C48H47NO6/c1-7-43(50)54-29-11-27-52-35-20-15-32(16-21-35)49(33-17-22-36(23-18-33)53-28-12-30-55-44(51)8-2)34-19-26-42-40(31-34)39-25-24-38-37-13-9-10-14-41(37)47(3,4)45(38)46(39)48(42,5)6/h7-10,13-26,31H,1-2,11-12,27-30H2,3-6H3. The van der Waals surface area contributed by atoms with Gasteiger partial charge in [0.1, 0.15) is 11.5 Å². The Bertz CT molecular complexity index is 2180. The monoisotopic (exact) mass is 733 g/mol. The van der Waals surface area contributed by atoms with Crippen LogP contribution in [0.1, 0.15) is 62.8 Å². The Morgan fingerprint density at radius 2 is 1.00 bits per heavy atom. The summed E-state index contributed by atoms with van der Waals surface area (Å²) in [5.74, 6) is 0.576. The minimum absolute atomic E-state index is 0.120. The first kappa shape index (κ1) is 37.2. The third kappa shape index (κ3) is 7.15. The molecule has 2 aliphatic carbocycles. The average molecular weight is 734 g/mol. The van der Waals surface area contributed by atoms with Gasteiger partial charge in [-0.3, -0.25) is 0 Å². The van der Waals surface area contributed by atoms with Crippen LogP contribution in [0.4, 0.5) is 17.1 Å². The zero-order valence-corrected chi connectivity index (χ0v) is 32.0. The zero-order valence-electron chi connectivity index (χ0n) is 32.0. The van der Waals surface area contributed by atoms with Crippen LogP contribution in [0, 0.1) is 0 Å². The number of rotatable bonds is 15. The van der Waals surface area contributed by atoms with Crippen LogP contribution >= 0.6 is 0 Å². The van der Waals surface area contributed by atoms with Crippen LogP contribution in [0.15, 0.2) is 128 Å². The minimum Gasteiger partial charge on any atom is -0.493 e. The summed E-state index contributed by atoms with van der Waals surface area (Å²) >= 11 is 0. The van der Waals surface area contributed by atoms with Crippen molar-refractivity contribution in [1.82, 2.24) is 0 Å². The number of carbonyl (C=O) groups excluding carboxylic acids is 2. The van der Waals surface area contributed by atoms with E-state index in [-0.39, 0.29) is 24.0 Å². The number of esters is 2. The molecule has 0 N–H and O–H groups in total. The molecule has 0 amide bonds. The van der Waals surface area contributed by atoms with Crippen LogP contribution in [0.5, 0.6) is 11.5 Å². The Morgan fingerprint density at radius 3 is 1.51 bits per heavy atom. The van der Waals surface area contributed by atoms with E-state index in [0.717, 1.165) is 40.7 Å². The van der Waals surface area contributed by atoms with Crippen molar-refractivity contribution < 1.29 is 28.5 Å².